The molecule has 0 bridgehead atoms. The summed E-state index contributed by atoms with van der Waals surface area (Å²) in [4.78, 5) is 16.9. The summed E-state index contributed by atoms with van der Waals surface area (Å²) in [6, 6.07) is 11.4. The van der Waals surface area contributed by atoms with E-state index in [9.17, 15) is 4.79 Å². The molecule has 0 spiro atoms. The van der Waals surface area contributed by atoms with Gasteiger partial charge >= 0.3 is 0 Å². The molecule has 1 N–H and O–H groups in total. The predicted molar refractivity (Wildman–Crippen MR) is 102 cm³/mol. The Hall–Kier alpha value is -2.07. The zero-order valence-corrected chi connectivity index (χ0v) is 15.5. The summed E-state index contributed by atoms with van der Waals surface area (Å²) in [5.74, 6) is -0.0739. The molecule has 1 saturated heterocycles. The lowest BCUT2D eigenvalue weighted by Crippen LogP contribution is -2.52. The lowest BCUT2D eigenvalue weighted by molar-refractivity contribution is -0.120. The number of carbonyl (C=O) groups is 1. The fraction of sp³-hybridized carbons (Fsp3) is 0.333. The SMILES string of the molecule is CC(C(=O)Nc1sccc1C#N)N1CCN(c2cccc(Cl)c2)CC1. The number of anilines is 2. The van der Waals surface area contributed by atoms with Crippen molar-refractivity contribution in [3.05, 3.63) is 46.3 Å². The summed E-state index contributed by atoms with van der Waals surface area (Å²) in [6.07, 6.45) is 0. The molecule has 0 aliphatic carbocycles. The summed E-state index contributed by atoms with van der Waals surface area (Å²) in [5.41, 5.74) is 1.62. The molecule has 7 heteroatoms. The number of piperazine rings is 1. The third kappa shape index (κ3) is 4.13. The van der Waals surface area contributed by atoms with Crippen LogP contribution in [0.15, 0.2) is 35.7 Å². The van der Waals surface area contributed by atoms with Crippen molar-refractivity contribution >= 4 is 39.5 Å². The molecule has 1 atom stereocenters. The number of benzene rings is 1. The van der Waals surface area contributed by atoms with Crippen LogP contribution in [0.4, 0.5) is 10.7 Å². The maximum Gasteiger partial charge on any atom is 0.242 e. The fourth-order valence-corrected chi connectivity index (χ4v) is 3.84. The zero-order chi connectivity index (χ0) is 17.8. The van der Waals surface area contributed by atoms with Crippen LogP contribution in [0.5, 0.6) is 0 Å². The summed E-state index contributed by atoms with van der Waals surface area (Å²) in [5, 5.41) is 15.1. The number of rotatable bonds is 4. The summed E-state index contributed by atoms with van der Waals surface area (Å²) in [7, 11) is 0. The molecule has 5 nitrogen and oxygen atoms in total. The van der Waals surface area contributed by atoms with Crippen molar-refractivity contribution in [1.29, 1.82) is 5.26 Å². The number of nitrogens with one attached hydrogen (secondary N) is 1. The van der Waals surface area contributed by atoms with Crippen molar-refractivity contribution in [2.24, 2.45) is 0 Å². The van der Waals surface area contributed by atoms with E-state index in [-0.39, 0.29) is 11.9 Å². The molecule has 1 aliphatic rings. The second-order valence-corrected chi connectivity index (χ2v) is 7.30. The normalized spacial score (nSPS) is 16.3. The van der Waals surface area contributed by atoms with Crippen molar-refractivity contribution in [1.82, 2.24) is 4.90 Å². The maximum absolute atomic E-state index is 12.5. The lowest BCUT2D eigenvalue weighted by atomic mass is 10.2. The van der Waals surface area contributed by atoms with Gasteiger partial charge < -0.3 is 10.2 Å². The minimum absolute atomic E-state index is 0.0739. The van der Waals surface area contributed by atoms with E-state index in [2.05, 4.69) is 27.3 Å². The van der Waals surface area contributed by atoms with Crippen molar-refractivity contribution in [2.45, 2.75) is 13.0 Å². The lowest BCUT2D eigenvalue weighted by Gasteiger charge is -2.38. The van der Waals surface area contributed by atoms with E-state index in [0.717, 1.165) is 36.9 Å². The van der Waals surface area contributed by atoms with Crippen LogP contribution in [0.1, 0.15) is 12.5 Å². The van der Waals surface area contributed by atoms with Crippen molar-refractivity contribution in [3.63, 3.8) is 0 Å². The first-order chi connectivity index (χ1) is 12.1. The number of thiophene rings is 1. The van der Waals surface area contributed by atoms with Gasteiger partial charge in [0.25, 0.3) is 0 Å². The molecule has 0 saturated carbocycles. The highest BCUT2D eigenvalue weighted by Crippen LogP contribution is 2.24. The van der Waals surface area contributed by atoms with Crippen molar-refractivity contribution in [3.8, 4) is 6.07 Å². The average molecular weight is 375 g/mol. The Morgan fingerprint density at radius 1 is 1.32 bits per heavy atom. The van der Waals surface area contributed by atoms with E-state index in [4.69, 9.17) is 16.9 Å². The summed E-state index contributed by atoms with van der Waals surface area (Å²) in [6.45, 7) is 5.21. The highest BCUT2D eigenvalue weighted by Gasteiger charge is 2.26. The summed E-state index contributed by atoms with van der Waals surface area (Å²) >= 11 is 7.44. The fourth-order valence-electron chi connectivity index (χ4n) is 2.92. The molecule has 2 aromatic rings. The first-order valence-electron chi connectivity index (χ1n) is 8.11. The van der Waals surface area contributed by atoms with Gasteiger partial charge in [0, 0.05) is 36.9 Å². The van der Waals surface area contributed by atoms with Crippen LogP contribution in [0.3, 0.4) is 0 Å². The number of nitriles is 1. The molecule has 1 fully saturated rings. The van der Waals surface area contributed by atoms with Crippen LogP contribution in [0, 0.1) is 11.3 Å². The number of amides is 1. The Labute approximate surface area is 156 Å². The number of hydrogen-bond donors (Lipinski definition) is 1. The number of nitrogens with zero attached hydrogens (tertiary/aromatic N) is 3. The van der Waals surface area contributed by atoms with Gasteiger partial charge in [0.2, 0.25) is 5.91 Å². The average Bonchev–Trinajstić information content (AvgIpc) is 3.08. The number of carbonyl (C=O) groups excluding carboxylic acids is 1. The smallest absolute Gasteiger partial charge is 0.242 e. The second-order valence-electron chi connectivity index (χ2n) is 5.94. The number of hydrogen-bond acceptors (Lipinski definition) is 5. The third-order valence-electron chi connectivity index (χ3n) is 4.44. The molecule has 3 rings (SSSR count). The van der Waals surface area contributed by atoms with Gasteiger partial charge in [0.1, 0.15) is 11.1 Å². The molecule has 0 radical (unpaired) electrons. The van der Waals surface area contributed by atoms with Gasteiger partial charge in [-0.3, -0.25) is 9.69 Å². The van der Waals surface area contributed by atoms with E-state index < -0.39 is 0 Å². The van der Waals surface area contributed by atoms with Gasteiger partial charge in [-0.05, 0) is 36.6 Å². The van der Waals surface area contributed by atoms with Crippen LogP contribution < -0.4 is 10.2 Å². The van der Waals surface area contributed by atoms with E-state index in [1.807, 2.05) is 30.5 Å². The van der Waals surface area contributed by atoms with E-state index >= 15 is 0 Å². The Bertz CT molecular complexity index is 792. The van der Waals surface area contributed by atoms with Crippen LogP contribution in [-0.2, 0) is 4.79 Å². The molecule has 25 heavy (non-hydrogen) atoms. The van der Waals surface area contributed by atoms with Crippen molar-refractivity contribution in [2.75, 3.05) is 36.4 Å². The van der Waals surface area contributed by atoms with E-state index in [1.165, 1.54) is 11.3 Å². The molecule has 1 aromatic carbocycles. The highest BCUT2D eigenvalue weighted by molar-refractivity contribution is 7.14. The Morgan fingerprint density at radius 2 is 2.08 bits per heavy atom. The Balaban J connectivity index is 1.57. The first-order valence-corrected chi connectivity index (χ1v) is 9.37. The molecule has 2 heterocycles. The maximum atomic E-state index is 12.5. The van der Waals surface area contributed by atoms with Crippen LogP contribution in [0.25, 0.3) is 0 Å². The molecular formula is C18H19ClN4OS. The molecule has 1 amide bonds. The summed E-state index contributed by atoms with van der Waals surface area (Å²) < 4.78 is 0. The Morgan fingerprint density at radius 3 is 2.76 bits per heavy atom. The third-order valence-corrected chi connectivity index (χ3v) is 5.50. The Kier molecular flexibility index (Phi) is 5.59. The molecule has 1 aromatic heterocycles. The topological polar surface area (TPSA) is 59.4 Å². The van der Waals surface area contributed by atoms with Crippen LogP contribution >= 0.6 is 22.9 Å². The van der Waals surface area contributed by atoms with E-state index in [0.29, 0.717) is 10.6 Å². The quantitative estimate of drug-likeness (QED) is 0.890. The minimum Gasteiger partial charge on any atom is -0.369 e. The largest absolute Gasteiger partial charge is 0.369 e. The van der Waals surface area contributed by atoms with E-state index in [1.54, 1.807) is 6.07 Å². The molecule has 1 unspecified atom stereocenters. The molecular weight excluding hydrogens is 356 g/mol. The van der Waals surface area contributed by atoms with Gasteiger partial charge in [-0.1, -0.05) is 17.7 Å². The zero-order valence-electron chi connectivity index (χ0n) is 13.9. The molecule has 130 valence electrons. The first kappa shape index (κ1) is 17.7. The van der Waals surface area contributed by atoms with Gasteiger partial charge in [-0.25, -0.2) is 0 Å². The highest BCUT2D eigenvalue weighted by atomic mass is 35.5. The van der Waals surface area contributed by atoms with Crippen LogP contribution in [-0.4, -0.2) is 43.0 Å². The van der Waals surface area contributed by atoms with Gasteiger partial charge in [0.05, 0.1) is 11.6 Å². The standard InChI is InChI=1S/C18H19ClN4OS/c1-13(17(24)21-18-14(12-20)5-10-25-18)22-6-8-23(9-7-22)16-4-2-3-15(19)11-16/h2-5,10-11,13H,6-9H2,1H3,(H,21,24). The molecule has 1 aliphatic heterocycles. The van der Waals surface area contributed by atoms with Gasteiger partial charge in [0.15, 0.2) is 0 Å². The minimum atomic E-state index is -0.241. The van der Waals surface area contributed by atoms with Crippen molar-refractivity contribution < 1.29 is 4.79 Å². The predicted octanol–water partition coefficient (Wildman–Crippen LogP) is 3.42. The van der Waals surface area contributed by atoms with Gasteiger partial charge in [-0.2, -0.15) is 5.26 Å². The van der Waals surface area contributed by atoms with Gasteiger partial charge in [-0.15, -0.1) is 11.3 Å². The monoisotopic (exact) mass is 374 g/mol. The second kappa shape index (κ2) is 7.87. The van der Waals surface area contributed by atoms with Crippen LogP contribution in [0.2, 0.25) is 5.02 Å². The number of halogens is 1.